The lowest BCUT2D eigenvalue weighted by atomic mass is 10.1. The van der Waals surface area contributed by atoms with Crippen LogP contribution >= 0.6 is 27.7 Å². The number of benzene rings is 1. The fourth-order valence-electron chi connectivity index (χ4n) is 2.43. The molecule has 2 heterocycles. The van der Waals surface area contributed by atoms with E-state index in [9.17, 15) is 8.42 Å². The Morgan fingerprint density at radius 3 is 2.95 bits per heavy atom. The van der Waals surface area contributed by atoms with Crippen LogP contribution in [-0.2, 0) is 22.0 Å². The van der Waals surface area contributed by atoms with E-state index < -0.39 is 9.84 Å². The lowest BCUT2D eigenvalue weighted by Gasteiger charge is -2.02. The molecule has 22 heavy (non-hydrogen) atoms. The standard InChI is InChI=1S/C14H15BrN2O3S2/c15-12-3-1-2-10(6-12)8-21-14-17-16-13(20-14)7-11-4-5-22(18,19)9-11/h1-3,6,11H,4-5,7-9H2. The summed E-state index contributed by atoms with van der Waals surface area (Å²) >= 11 is 4.92. The summed E-state index contributed by atoms with van der Waals surface area (Å²) in [4.78, 5) is 0. The minimum atomic E-state index is -2.86. The van der Waals surface area contributed by atoms with Crippen molar-refractivity contribution >= 4 is 37.5 Å². The maximum atomic E-state index is 11.4. The molecule has 1 aromatic carbocycles. The molecule has 0 saturated carbocycles. The van der Waals surface area contributed by atoms with Gasteiger partial charge in [-0.1, -0.05) is 39.8 Å². The van der Waals surface area contributed by atoms with Gasteiger partial charge in [0.15, 0.2) is 9.84 Å². The second kappa shape index (κ2) is 6.72. The second-order valence-electron chi connectivity index (χ2n) is 5.35. The lowest BCUT2D eigenvalue weighted by molar-refractivity contribution is 0.389. The van der Waals surface area contributed by atoms with Crippen molar-refractivity contribution in [1.29, 1.82) is 0 Å². The van der Waals surface area contributed by atoms with Gasteiger partial charge in [-0.3, -0.25) is 0 Å². The Hall–Kier alpha value is -0.860. The molecule has 0 radical (unpaired) electrons. The Morgan fingerprint density at radius 2 is 2.23 bits per heavy atom. The van der Waals surface area contributed by atoms with Gasteiger partial charge in [-0.2, -0.15) is 0 Å². The van der Waals surface area contributed by atoms with E-state index in [-0.39, 0.29) is 17.4 Å². The molecule has 1 aliphatic rings. The number of halogens is 1. The molecule has 1 atom stereocenters. The van der Waals surface area contributed by atoms with Crippen LogP contribution < -0.4 is 0 Å². The Kier molecular flexibility index (Phi) is 4.89. The highest BCUT2D eigenvalue weighted by Gasteiger charge is 2.29. The summed E-state index contributed by atoms with van der Waals surface area (Å²) in [7, 11) is -2.86. The van der Waals surface area contributed by atoms with Crippen molar-refractivity contribution in [1.82, 2.24) is 10.2 Å². The predicted molar refractivity (Wildman–Crippen MR) is 88.5 cm³/mol. The van der Waals surface area contributed by atoms with E-state index in [1.807, 2.05) is 24.3 Å². The van der Waals surface area contributed by atoms with E-state index in [0.29, 0.717) is 24.0 Å². The average molecular weight is 403 g/mol. The molecule has 0 bridgehead atoms. The van der Waals surface area contributed by atoms with Gasteiger partial charge in [-0.15, -0.1) is 10.2 Å². The Labute approximate surface area is 141 Å². The van der Waals surface area contributed by atoms with Gasteiger partial charge in [0.1, 0.15) is 0 Å². The zero-order chi connectivity index (χ0) is 15.6. The molecule has 0 N–H and O–H groups in total. The first kappa shape index (κ1) is 16.0. The normalized spacial score (nSPS) is 20.3. The molecular weight excluding hydrogens is 388 g/mol. The Morgan fingerprint density at radius 1 is 1.36 bits per heavy atom. The molecule has 118 valence electrons. The van der Waals surface area contributed by atoms with E-state index in [4.69, 9.17) is 4.42 Å². The summed E-state index contributed by atoms with van der Waals surface area (Å²) in [5.74, 6) is 1.89. The first-order valence-corrected chi connectivity index (χ1v) is 10.5. The highest BCUT2D eigenvalue weighted by atomic mass is 79.9. The van der Waals surface area contributed by atoms with Gasteiger partial charge in [0, 0.05) is 16.6 Å². The number of hydrogen-bond donors (Lipinski definition) is 0. The number of nitrogens with zero attached hydrogens (tertiary/aromatic N) is 2. The van der Waals surface area contributed by atoms with Crippen LogP contribution in [0.5, 0.6) is 0 Å². The van der Waals surface area contributed by atoms with Crippen LogP contribution in [0.15, 0.2) is 38.4 Å². The Bertz CT molecular complexity index is 761. The zero-order valence-electron chi connectivity index (χ0n) is 11.7. The molecular formula is C14H15BrN2O3S2. The van der Waals surface area contributed by atoms with Gasteiger partial charge in [-0.05, 0) is 30.0 Å². The van der Waals surface area contributed by atoms with Crippen molar-refractivity contribution in [2.45, 2.75) is 23.8 Å². The third-order valence-electron chi connectivity index (χ3n) is 3.49. The molecule has 8 heteroatoms. The molecule has 3 rings (SSSR count). The summed E-state index contributed by atoms with van der Waals surface area (Å²) in [5, 5.41) is 8.56. The lowest BCUT2D eigenvalue weighted by Crippen LogP contribution is -2.07. The number of rotatable bonds is 5. The number of hydrogen-bond acceptors (Lipinski definition) is 6. The summed E-state index contributed by atoms with van der Waals surface area (Å²) in [6.45, 7) is 0. The quantitative estimate of drug-likeness (QED) is 0.715. The van der Waals surface area contributed by atoms with E-state index in [1.54, 1.807) is 0 Å². The van der Waals surface area contributed by atoms with Crippen LogP contribution in [0.1, 0.15) is 17.9 Å². The first-order valence-electron chi connectivity index (χ1n) is 6.90. The second-order valence-corrected chi connectivity index (χ2v) is 9.42. The highest BCUT2D eigenvalue weighted by molar-refractivity contribution is 9.10. The van der Waals surface area contributed by atoms with Crippen LogP contribution in [0.25, 0.3) is 0 Å². The van der Waals surface area contributed by atoms with Crippen LogP contribution in [0.3, 0.4) is 0 Å². The van der Waals surface area contributed by atoms with Crippen molar-refractivity contribution in [3.63, 3.8) is 0 Å². The molecule has 5 nitrogen and oxygen atoms in total. The molecule has 0 aliphatic carbocycles. The average Bonchev–Trinajstić information content (AvgIpc) is 3.03. The number of thioether (sulfide) groups is 1. The SMILES string of the molecule is O=S1(=O)CCC(Cc2nnc(SCc3cccc(Br)c3)o2)C1. The molecule has 0 spiro atoms. The van der Waals surface area contributed by atoms with Crippen molar-refractivity contribution in [2.75, 3.05) is 11.5 Å². The van der Waals surface area contributed by atoms with Gasteiger partial charge in [0.25, 0.3) is 5.22 Å². The van der Waals surface area contributed by atoms with Gasteiger partial charge in [0.2, 0.25) is 5.89 Å². The van der Waals surface area contributed by atoms with Gasteiger partial charge >= 0.3 is 0 Å². The van der Waals surface area contributed by atoms with Crippen LogP contribution in [0, 0.1) is 5.92 Å². The maximum Gasteiger partial charge on any atom is 0.276 e. The van der Waals surface area contributed by atoms with E-state index in [1.165, 1.54) is 17.3 Å². The summed E-state index contributed by atoms with van der Waals surface area (Å²) < 4.78 is 29.5. The maximum absolute atomic E-state index is 11.4. The highest BCUT2D eigenvalue weighted by Crippen LogP contribution is 2.26. The van der Waals surface area contributed by atoms with Crippen molar-refractivity contribution in [3.8, 4) is 0 Å². The van der Waals surface area contributed by atoms with Crippen LogP contribution in [0.2, 0.25) is 0 Å². The molecule has 1 fully saturated rings. The zero-order valence-corrected chi connectivity index (χ0v) is 15.0. The van der Waals surface area contributed by atoms with Gasteiger partial charge in [-0.25, -0.2) is 8.42 Å². The van der Waals surface area contributed by atoms with Gasteiger partial charge in [0.05, 0.1) is 11.5 Å². The summed E-state index contributed by atoms with van der Waals surface area (Å²) in [6, 6.07) is 8.06. The third kappa shape index (κ3) is 4.33. The van der Waals surface area contributed by atoms with Crippen molar-refractivity contribution in [2.24, 2.45) is 5.92 Å². The predicted octanol–water partition coefficient (Wildman–Crippen LogP) is 3.10. The fraction of sp³-hybridized carbons (Fsp3) is 0.429. The van der Waals surface area contributed by atoms with Crippen LogP contribution in [0.4, 0.5) is 0 Å². The topological polar surface area (TPSA) is 73.1 Å². The van der Waals surface area contributed by atoms with Crippen LogP contribution in [-0.4, -0.2) is 30.1 Å². The summed E-state index contributed by atoms with van der Waals surface area (Å²) in [6.07, 6.45) is 1.23. The minimum Gasteiger partial charge on any atom is -0.416 e. The molecule has 1 aromatic heterocycles. The third-order valence-corrected chi connectivity index (χ3v) is 6.71. The molecule has 1 aliphatic heterocycles. The summed E-state index contributed by atoms with van der Waals surface area (Å²) in [5.41, 5.74) is 1.17. The number of aromatic nitrogens is 2. The molecule has 1 saturated heterocycles. The largest absolute Gasteiger partial charge is 0.416 e. The molecule has 0 amide bonds. The molecule has 2 aromatic rings. The first-order chi connectivity index (χ1) is 10.5. The minimum absolute atomic E-state index is 0.105. The monoisotopic (exact) mass is 402 g/mol. The smallest absolute Gasteiger partial charge is 0.276 e. The fourth-order valence-corrected chi connectivity index (χ4v) is 5.46. The van der Waals surface area contributed by atoms with Crippen molar-refractivity contribution in [3.05, 3.63) is 40.2 Å². The number of sulfone groups is 1. The van der Waals surface area contributed by atoms with E-state index in [0.717, 1.165) is 10.2 Å². The van der Waals surface area contributed by atoms with Crippen molar-refractivity contribution < 1.29 is 12.8 Å². The van der Waals surface area contributed by atoms with E-state index >= 15 is 0 Å². The van der Waals surface area contributed by atoms with Gasteiger partial charge < -0.3 is 4.42 Å². The van der Waals surface area contributed by atoms with E-state index in [2.05, 4.69) is 26.1 Å². The molecule has 1 unspecified atom stereocenters. The Balaban J connectivity index is 1.55.